The van der Waals surface area contributed by atoms with Gasteiger partial charge in [0.15, 0.2) is 5.78 Å². The lowest BCUT2D eigenvalue weighted by Gasteiger charge is -2.64. The monoisotopic (exact) mass is 486 g/mol. The van der Waals surface area contributed by atoms with Crippen LogP contribution in [0.3, 0.4) is 0 Å². The number of aliphatic hydroxyl groups excluding tert-OH is 2. The molecule has 1 aliphatic heterocycles. The standard InChI is InChI=1S/C30H46O5/c1-17(14-21(32)25-26(2,3)35-25)18-10-12-29(6)19-8-9-22-27(4,16-31)23(33)15-24(34)30(22,7)20(19)11-13-28(18,29)5/h8,17-18,20,22,24-25,31,34H,9-16H2,1-7H3/t17?,18-,20?,22?,24+,25?,27+,28-,29+,30+/m0/s1. The van der Waals surface area contributed by atoms with Gasteiger partial charge in [-0.3, -0.25) is 9.59 Å². The fraction of sp³-hybridized carbons (Fsp3) is 0.867. The first-order chi connectivity index (χ1) is 16.2. The van der Waals surface area contributed by atoms with E-state index < -0.39 is 16.9 Å². The molecule has 5 nitrogen and oxygen atoms in total. The summed E-state index contributed by atoms with van der Waals surface area (Å²) in [6.45, 7) is 15.1. The van der Waals surface area contributed by atoms with Gasteiger partial charge in [0.25, 0.3) is 0 Å². The zero-order valence-corrected chi connectivity index (χ0v) is 22.8. The number of ether oxygens (including phenoxy) is 1. The van der Waals surface area contributed by atoms with Crippen LogP contribution in [0.4, 0.5) is 0 Å². The lowest BCUT2D eigenvalue weighted by molar-refractivity contribution is -0.176. The molecule has 3 saturated carbocycles. The number of fused-ring (bicyclic) bond motifs is 5. The van der Waals surface area contributed by atoms with Crippen molar-refractivity contribution >= 4 is 11.6 Å². The van der Waals surface area contributed by atoms with Gasteiger partial charge in [-0.15, -0.1) is 0 Å². The molecule has 35 heavy (non-hydrogen) atoms. The molecule has 5 rings (SSSR count). The van der Waals surface area contributed by atoms with Gasteiger partial charge in [-0.05, 0) is 80.5 Å². The molecule has 2 N–H and O–H groups in total. The number of carbonyl (C=O) groups is 2. The quantitative estimate of drug-likeness (QED) is 0.427. The molecule has 0 aromatic carbocycles. The second-order valence-electron chi connectivity index (χ2n) is 14.3. The van der Waals surface area contributed by atoms with Crippen molar-refractivity contribution in [3.8, 4) is 0 Å². The first-order valence-corrected chi connectivity index (χ1v) is 13.9. The number of carbonyl (C=O) groups excluding carboxylic acids is 2. The Morgan fingerprint density at radius 3 is 2.40 bits per heavy atom. The number of hydrogen-bond acceptors (Lipinski definition) is 5. The molecular weight excluding hydrogens is 440 g/mol. The van der Waals surface area contributed by atoms with Crippen molar-refractivity contribution < 1.29 is 24.5 Å². The van der Waals surface area contributed by atoms with E-state index in [2.05, 4.69) is 33.8 Å². The van der Waals surface area contributed by atoms with Crippen molar-refractivity contribution in [3.63, 3.8) is 0 Å². The Hall–Kier alpha value is -1.04. The largest absolute Gasteiger partial charge is 0.395 e. The first kappa shape index (κ1) is 25.6. The van der Waals surface area contributed by atoms with Crippen molar-refractivity contribution in [3.05, 3.63) is 11.6 Å². The molecule has 10 atom stereocenters. The van der Waals surface area contributed by atoms with Crippen LogP contribution < -0.4 is 0 Å². The van der Waals surface area contributed by atoms with Crippen LogP contribution in [0.2, 0.25) is 0 Å². The number of allylic oxidation sites excluding steroid dienone is 2. The third-order valence-corrected chi connectivity index (χ3v) is 12.4. The highest BCUT2D eigenvalue weighted by Gasteiger charge is 2.68. The van der Waals surface area contributed by atoms with Crippen LogP contribution in [0, 0.1) is 45.3 Å². The number of ketones is 2. The Morgan fingerprint density at radius 2 is 1.80 bits per heavy atom. The smallest absolute Gasteiger partial charge is 0.164 e. The molecule has 0 amide bonds. The number of hydrogen-bond donors (Lipinski definition) is 2. The second kappa shape index (κ2) is 7.74. The van der Waals surface area contributed by atoms with E-state index in [1.165, 1.54) is 5.57 Å². The summed E-state index contributed by atoms with van der Waals surface area (Å²) in [5, 5.41) is 21.6. The maximum atomic E-state index is 12.9. The molecule has 1 saturated heterocycles. The number of Topliss-reactive ketones (excluding diaryl/α,β-unsaturated/α-hetero) is 2. The van der Waals surface area contributed by atoms with Crippen molar-refractivity contribution in [2.45, 2.75) is 111 Å². The minimum atomic E-state index is -0.788. The van der Waals surface area contributed by atoms with Gasteiger partial charge in [-0.25, -0.2) is 0 Å². The molecule has 4 unspecified atom stereocenters. The molecular formula is C30H46O5. The molecule has 1 heterocycles. The van der Waals surface area contributed by atoms with E-state index in [-0.39, 0.29) is 59.0 Å². The number of epoxide rings is 1. The van der Waals surface area contributed by atoms with Gasteiger partial charge in [0, 0.05) is 18.3 Å². The normalized spacial score (nSPS) is 51.1. The van der Waals surface area contributed by atoms with Crippen LogP contribution in [-0.2, 0) is 14.3 Å². The van der Waals surface area contributed by atoms with E-state index in [0.29, 0.717) is 18.3 Å². The predicted molar refractivity (Wildman–Crippen MR) is 135 cm³/mol. The van der Waals surface area contributed by atoms with Gasteiger partial charge in [-0.1, -0.05) is 46.3 Å². The lowest BCUT2D eigenvalue weighted by Crippen LogP contribution is -2.63. The van der Waals surface area contributed by atoms with Crippen LogP contribution in [-0.4, -0.2) is 46.2 Å². The summed E-state index contributed by atoms with van der Waals surface area (Å²) in [5.41, 5.74) is 0.114. The minimum absolute atomic E-state index is 0.000858. The highest BCUT2D eigenvalue weighted by Crippen LogP contribution is 2.73. The molecule has 4 fully saturated rings. The fourth-order valence-corrected chi connectivity index (χ4v) is 9.77. The van der Waals surface area contributed by atoms with Crippen molar-refractivity contribution in [2.75, 3.05) is 6.61 Å². The molecule has 0 radical (unpaired) electrons. The summed E-state index contributed by atoms with van der Waals surface area (Å²) in [4.78, 5) is 25.8. The fourth-order valence-electron chi connectivity index (χ4n) is 9.77. The average Bonchev–Trinajstić information content (AvgIpc) is 3.33. The zero-order chi connectivity index (χ0) is 25.8. The lowest BCUT2D eigenvalue weighted by atomic mass is 9.40. The van der Waals surface area contributed by atoms with Crippen LogP contribution in [0.5, 0.6) is 0 Å². The molecule has 4 aliphatic carbocycles. The van der Waals surface area contributed by atoms with E-state index in [9.17, 15) is 19.8 Å². The molecule has 5 aliphatic rings. The van der Waals surface area contributed by atoms with E-state index in [4.69, 9.17) is 4.74 Å². The maximum Gasteiger partial charge on any atom is 0.164 e. The summed E-state index contributed by atoms with van der Waals surface area (Å²) >= 11 is 0. The Labute approximate surface area is 211 Å². The van der Waals surface area contributed by atoms with E-state index in [1.54, 1.807) is 0 Å². The predicted octanol–water partition coefficient (Wildman–Crippen LogP) is 4.88. The van der Waals surface area contributed by atoms with Crippen LogP contribution in [0.15, 0.2) is 11.6 Å². The summed E-state index contributed by atoms with van der Waals surface area (Å²) < 4.78 is 5.63. The zero-order valence-electron chi connectivity index (χ0n) is 22.8. The second-order valence-corrected chi connectivity index (χ2v) is 14.3. The van der Waals surface area contributed by atoms with Gasteiger partial charge in [-0.2, -0.15) is 0 Å². The van der Waals surface area contributed by atoms with Gasteiger partial charge in [0.05, 0.1) is 23.7 Å². The van der Waals surface area contributed by atoms with Crippen LogP contribution in [0.25, 0.3) is 0 Å². The molecule has 0 bridgehead atoms. The third kappa shape index (κ3) is 3.23. The number of rotatable bonds is 5. The van der Waals surface area contributed by atoms with Crippen molar-refractivity contribution in [1.82, 2.24) is 0 Å². The highest BCUT2D eigenvalue weighted by atomic mass is 16.6. The van der Waals surface area contributed by atoms with E-state index >= 15 is 0 Å². The van der Waals surface area contributed by atoms with Crippen molar-refractivity contribution in [1.29, 1.82) is 0 Å². The van der Waals surface area contributed by atoms with Gasteiger partial charge >= 0.3 is 0 Å². The highest BCUT2D eigenvalue weighted by molar-refractivity contribution is 5.87. The van der Waals surface area contributed by atoms with E-state index in [0.717, 1.165) is 32.1 Å². The van der Waals surface area contributed by atoms with Crippen LogP contribution in [0.1, 0.15) is 93.4 Å². The van der Waals surface area contributed by atoms with Crippen molar-refractivity contribution in [2.24, 2.45) is 45.3 Å². The average molecular weight is 487 g/mol. The number of aliphatic hydroxyl groups is 2. The van der Waals surface area contributed by atoms with E-state index in [1.807, 2.05) is 20.8 Å². The maximum absolute atomic E-state index is 12.9. The van der Waals surface area contributed by atoms with Gasteiger partial charge in [0.2, 0.25) is 0 Å². The summed E-state index contributed by atoms with van der Waals surface area (Å²) in [6.07, 6.45) is 7.24. The van der Waals surface area contributed by atoms with Crippen LogP contribution >= 0.6 is 0 Å². The third-order valence-electron chi connectivity index (χ3n) is 12.4. The Morgan fingerprint density at radius 1 is 1.14 bits per heavy atom. The molecule has 0 aromatic rings. The topological polar surface area (TPSA) is 87.1 Å². The summed E-state index contributed by atoms with van der Waals surface area (Å²) in [6, 6.07) is 0. The Balaban J connectivity index is 1.44. The Bertz CT molecular complexity index is 968. The molecule has 196 valence electrons. The molecule has 0 spiro atoms. The minimum Gasteiger partial charge on any atom is -0.395 e. The molecule has 0 aromatic heterocycles. The van der Waals surface area contributed by atoms with Gasteiger partial charge in [0.1, 0.15) is 11.9 Å². The first-order valence-electron chi connectivity index (χ1n) is 13.9. The molecule has 5 heteroatoms. The summed E-state index contributed by atoms with van der Waals surface area (Å²) in [5.74, 6) is 1.22. The Kier molecular flexibility index (Phi) is 5.66. The summed E-state index contributed by atoms with van der Waals surface area (Å²) in [7, 11) is 0. The SMILES string of the molecule is CC(CC(=O)C1OC1(C)C)[C@@H]1CC[C@]2(C)C3=CCC4[C@@](C)(C3CC[C@@]12C)[C@H](O)CC(=O)[C@]4(C)CO. The van der Waals surface area contributed by atoms with Gasteiger partial charge < -0.3 is 14.9 Å².